The maximum atomic E-state index is 10.4. The number of primary amides is 1. The van der Waals surface area contributed by atoms with E-state index in [1.807, 2.05) is 6.07 Å². The lowest BCUT2D eigenvalue weighted by Crippen LogP contribution is -2.40. The second-order valence-corrected chi connectivity index (χ2v) is 4.21. The van der Waals surface area contributed by atoms with Crippen LogP contribution in [0, 0.1) is 10.1 Å². The summed E-state index contributed by atoms with van der Waals surface area (Å²) in [6.07, 6.45) is 0.310. The summed E-state index contributed by atoms with van der Waals surface area (Å²) in [6, 6.07) is 3.52. The highest BCUT2D eigenvalue weighted by Crippen LogP contribution is 2.10. The smallest absolute Gasteiger partial charge is 0.402 e. The number of nitrogens with two attached hydrogens (primary N) is 1. The van der Waals surface area contributed by atoms with Crippen LogP contribution >= 0.6 is 11.6 Å². The molecule has 1 aromatic heterocycles. The number of hydrazine groups is 1. The number of nitro groups is 1. The summed E-state index contributed by atoms with van der Waals surface area (Å²) in [5.74, 6) is 0.282. The molecule has 0 fully saturated rings. The number of carbonyl (C=O) groups is 1. The molecule has 0 unspecified atom stereocenters. The summed E-state index contributed by atoms with van der Waals surface area (Å²) in [7, 11) is 0. The first kappa shape index (κ1) is 16.4. The van der Waals surface area contributed by atoms with Crippen molar-refractivity contribution in [2.75, 3.05) is 13.1 Å². The quantitative estimate of drug-likeness (QED) is 0.413. The molecular weight excluding hydrogens is 304 g/mol. The monoisotopic (exact) mass is 316 g/mol. The Kier molecular flexibility index (Phi) is 6.14. The average molecular weight is 317 g/mol. The molecule has 1 amide bonds. The van der Waals surface area contributed by atoms with Gasteiger partial charge in [0.05, 0.1) is 6.54 Å². The molecule has 4 N–H and O–H groups in total. The number of halogens is 1. The Hall–Kier alpha value is -2.62. The molecule has 0 aromatic carbocycles. The number of guanidine groups is 1. The summed E-state index contributed by atoms with van der Waals surface area (Å²) in [6.45, 7) is 1.72. The Labute approximate surface area is 124 Å². The minimum absolute atomic E-state index is 0.282. The number of hydrogen-bond donors (Lipinski definition) is 3. The second-order valence-electron chi connectivity index (χ2n) is 3.82. The van der Waals surface area contributed by atoms with Gasteiger partial charge in [-0.2, -0.15) is 0 Å². The van der Waals surface area contributed by atoms with Crippen molar-refractivity contribution in [3.05, 3.63) is 39.2 Å². The van der Waals surface area contributed by atoms with E-state index in [9.17, 15) is 10.1 Å². The predicted molar refractivity (Wildman–Crippen MR) is 74.3 cm³/mol. The summed E-state index contributed by atoms with van der Waals surface area (Å²) in [4.78, 5) is 28.9. The van der Waals surface area contributed by atoms with Gasteiger partial charge in [-0.1, -0.05) is 23.1 Å². The zero-order valence-electron chi connectivity index (χ0n) is 10.8. The zero-order valence-corrected chi connectivity index (χ0v) is 11.5. The topological polar surface area (TPSA) is 147 Å². The van der Waals surface area contributed by atoms with Crippen LogP contribution < -0.4 is 11.2 Å². The van der Waals surface area contributed by atoms with Crippen LogP contribution in [-0.2, 0) is 6.54 Å². The number of rotatable bonds is 3. The van der Waals surface area contributed by atoms with Gasteiger partial charge >= 0.3 is 6.09 Å². The van der Waals surface area contributed by atoms with E-state index < -0.39 is 11.1 Å². The normalized spacial score (nSPS) is 13.0. The second kappa shape index (κ2) is 7.85. The Morgan fingerprint density at radius 2 is 2.29 bits per heavy atom. The SMILES string of the molecule is NC(=O)O.O=[N+]([O-])NC1=NCCN1Cc1ccc(Cl)nc1. The molecule has 0 saturated heterocycles. The van der Waals surface area contributed by atoms with Gasteiger partial charge in [0, 0.05) is 19.3 Å². The van der Waals surface area contributed by atoms with E-state index in [2.05, 4.69) is 21.1 Å². The minimum atomic E-state index is -1.33. The van der Waals surface area contributed by atoms with Gasteiger partial charge < -0.3 is 15.7 Å². The third-order valence-corrected chi connectivity index (χ3v) is 2.51. The first-order chi connectivity index (χ1) is 9.88. The molecule has 21 heavy (non-hydrogen) atoms. The molecular formula is C10H13ClN6O4. The zero-order chi connectivity index (χ0) is 15.8. The lowest BCUT2D eigenvalue weighted by molar-refractivity contribution is -0.526. The minimum Gasteiger partial charge on any atom is -0.465 e. The number of hydrogen-bond acceptors (Lipinski definition) is 6. The lowest BCUT2D eigenvalue weighted by atomic mass is 10.3. The molecule has 114 valence electrons. The first-order valence-electron chi connectivity index (χ1n) is 5.67. The van der Waals surface area contributed by atoms with Crippen LogP contribution in [-0.4, -0.2) is 45.2 Å². The summed E-state index contributed by atoms with van der Waals surface area (Å²) >= 11 is 5.68. The number of carboxylic acid groups (broad SMARTS) is 1. The molecule has 2 heterocycles. The van der Waals surface area contributed by atoms with Crippen LogP contribution in [0.15, 0.2) is 23.3 Å². The van der Waals surface area contributed by atoms with Gasteiger partial charge in [0.15, 0.2) is 5.03 Å². The van der Waals surface area contributed by atoms with Gasteiger partial charge in [-0.25, -0.2) is 24.9 Å². The number of aliphatic imine (C=N–C) groups is 1. The molecule has 11 heteroatoms. The summed E-state index contributed by atoms with van der Waals surface area (Å²) in [5.41, 5.74) is 7.03. The van der Waals surface area contributed by atoms with Gasteiger partial charge in [0.25, 0.3) is 5.96 Å². The van der Waals surface area contributed by atoms with E-state index in [0.29, 0.717) is 24.8 Å². The maximum Gasteiger partial charge on any atom is 0.402 e. The lowest BCUT2D eigenvalue weighted by Gasteiger charge is -2.17. The molecule has 0 aliphatic carbocycles. The molecule has 0 saturated carbocycles. The number of pyridine rings is 1. The van der Waals surface area contributed by atoms with Gasteiger partial charge in [-0.05, 0) is 11.6 Å². The average Bonchev–Trinajstić information content (AvgIpc) is 2.78. The Morgan fingerprint density at radius 1 is 1.62 bits per heavy atom. The van der Waals surface area contributed by atoms with Crippen molar-refractivity contribution in [3.63, 3.8) is 0 Å². The van der Waals surface area contributed by atoms with E-state index in [1.54, 1.807) is 17.2 Å². The highest BCUT2D eigenvalue weighted by molar-refractivity contribution is 6.29. The van der Waals surface area contributed by atoms with Crippen LogP contribution in [0.25, 0.3) is 0 Å². The fourth-order valence-electron chi connectivity index (χ4n) is 1.54. The fourth-order valence-corrected chi connectivity index (χ4v) is 1.66. The summed E-state index contributed by atoms with van der Waals surface area (Å²) < 4.78 is 0. The van der Waals surface area contributed by atoms with Gasteiger partial charge in [0.2, 0.25) is 0 Å². The molecule has 1 aromatic rings. The number of aromatic nitrogens is 1. The fraction of sp³-hybridized carbons (Fsp3) is 0.300. The van der Waals surface area contributed by atoms with Crippen molar-refractivity contribution in [3.8, 4) is 0 Å². The van der Waals surface area contributed by atoms with Crippen LogP contribution in [0.2, 0.25) is 5.15 Å². The van der Waals surface area contributed by atoms with Crippen LogP contribution in [0.4, 0.5) is 4.79 Å². The Morgan fingerprint density at radius 3 is 2.81 bits per heavy atom. The molecule has 0 atom stereocenters. The van der Waals surface area contributed by atoms with E-state index >= 15 is 0 Å². The molecule has 1 aliphatic heterocycles. The maximum absolute atomic E-state index is 10.4. The molecule has 0 radical (unpaired) electrons. The van der Waals surface area contributed by atoms with Crippen molar-refractivity contribution in [1.82, 2.24) is 15.3 Å². The van der Waals surface area contributed by atoms with Crippen LogP contribution in [0.5, 0.6) is 0 Å². The van der Waals surface area contributed by atoms with E-state index in [-0.39, 0.29) is 5.96 Å². The standard InChI is InChI=1S/C9H10ClN5O2.CH3NO2/c10-8-2-1-7(5-12-8)6-14-4-3-11-9(14)13-15(16)17;2-1(3)4/h1-2,5H,3-4,6H2,(H,11,13);2H2,(H,3,4). The highest BCUT2D eigenvalue weighted by Gasteiger charge is 2.20. The number of nitrogens with one attached hydrogen (secondary N) is 1. The molecule has 0 bridgehead atoms. The van der Waals surface area contributed by atoms with Crippen molar-refractivity contribution < 1.29 is 14.9 Å². The third kappa shape index (κ3) is 6.38. The van der Waals surface area contributed by atoms with Crippen molar-refractivity contribution in [1.29, 1.82) is 0 Å². The van der Waals surface area contributed by atoms with Gasteiger partial charge in [-0.3, -0.25) is 0 Å². The van der Waals surface area contributed by atoms with Gasteiger partial charge in [-0.15, -0.1) is 0 Å². The molecule has 0 spiro atoms. The molecule has 1 aliphatic rings. The van der Waals surface area contributed by atoms with E-state index in [0.717, 1.165) is 5.56 Å². The van der Waals surface area contributed by atoms with E-state index in [1.165, 1.54) is 0 Å². The van der Waals surface area contributed by atoms with Gasteiger partial charge in [0.1, 0.15) is 5.15 Å². The Balaban J connectivity index is 0.000000491. The van der Waals surface area contributed by atoms with Crippen LogP contribution in [0.1, 0.15) is 5.56 Å². The summed E-state index contributed by atoms with van der Waals surface area (Å²) in [5, 5.41) is 17.4. The first-order valence-corrected chi connectivity index (χ1v) is 6.05. The third-order valence-electron chi connectivity index (χ3n) is 2.28. The van der Waals surface area contributed by atoms with Crippen LogP contribution in [0.3, 0.4) is 0 Å². The Bertz CT molecular complexity index is 531. The van der Waals surface area contributed by atoms with Crippen molar-refractivity contribution in [2.45, 2.75) is 6.54 Å². The number of nitrogens with zero attached hydrogens (tertiary/aromatic N) is 4. The van der Waals surface area contributed by atoms with Crippen molar-refractivity contribution >= 4 is 23.7 Å². The van der Waals surface area contributed by atoms with Crippen molar-refractivity contribution in [2.24, 2.45) is 10.7 Å². The molecule has 10 nitrogen and oxygen atoms in total. The van der Waals surface area contributed by atoms with E-state index in [4.69, 9.17) is 21.5 Å². The number of amides is 1. The highest BCUT2D eigenvalue weighted by atomic mass is 35.5. The predicted octanol–water partition coefficient (Wildman–Crippen LogP) is 0.311. The largest absolute Gasteiger partial charge is 0.465 e. The molecule has 2 rings (SSSR count).